The molecule has 0 fully saturated rings. The van der Waals surface area contributed by atoms with Crippen LogP contribution in [0.25, 0.3) is 6.08 Å². The van der Waals surface area contributed by atoms with E-state index in [4.69, 9.17) is 11.6 Å². The third-order valence-corrected chi connectivity index (χ3v) is 8.00. The number of anilines is 2. The molecule has 0 bridgehead atoms. The molecule has 0 aliphatic heterocycles. The average Bonchev–Trinajstić information content (AvgIpc) is 2.99. The first-order chi connectivity index (χ1) is 20.2. The molecule has 4 aromatic carbocycles. The Morgan fingerprint density at radius 1 is 0.857 bits per heavy atom. The van der Waals surface area contributed by atoms with Gasteiger partial charge in [0, 0.05) is 26.9 Å². The molecule has 0 radical (unpaired) electrons. The standard InChI is InChI=1S/C34H32ClN3O3S/c1-4-31(34(41)37-29-20-26(35)18-15-23(29)3)42-28-12-8-11-27(21-28)36-33(40)30(19-24-16-13-22(2)14-17-24)38-32(39)25-9-6-5-7-10-25/h5-21,31H,4H2,1-3H3,(H,36,40)(H,37,41)(H,38,39)/b30-19+. The molecule has 0 spiro atoms. The monoisotopic (exact) mass is 597 g/mol. The van der Waals surface area contributed by atoms with E-state index in [9.17, 15) is 14.4 Å². The number of carbonyl (C=O) groups excluding carboxylic acids is 3. The van der Waals surface area contributed by atoms with Crippen LogP contribution in [0.15, 0.2) is 108 Å². The molecule has 6 nitrogen and oxygen atoms in total. The number of aryl methyl sites for hydroxylation is 2. The molecule has 1 unspecified atom stereocenters. The molecular weight excluding hydrogens is 566 g/mol. The molecule has 0 aromatic heterocycles. The smallest absolute Gasteiger partial charge is 0.272 e. The zero-order chi connectivity index (χ0) is 30.1. The number of halogens is 1. The molecule has 4 rings (SSSR count). The van der Waals surface area contributed by atoms with Crippen molar-refractivity contribution in [3.05, 3.63) is 130 Å². The minimum absolute atomic E-state index is 0.105. The molecule has 3 amide bonds. The Bertz CT molecular complexity index is 1600. The summed E-state index contributed by atoms with van der Waals surface area (Å²) in [6.07, 6.45) is 2.24. The lowest BCUT2D eigenvalue weighted by Crippen LogP contribution is -2.30. The summed E-state index contributed by atoms with van der Waals surface area (Å²) in [4.78, 5) is 40.3. The highest BCUT2D eigenvalue weighted by Crippen LogP contribution is 2.29. The molecule has 42 heavy (non-hydrogen) atoms. The van der Waals surface area contributed by atoms with Crippen molar-refractivity contribution in [2.75, 3.05) is 10.6 Å². The Kier molecular flexibility index (Phi) is 10.6. The van der Waals surface area contributed by atoms with Gasteiger partial charge in [0.15, 0.2) is 0 Å². The zero-order valence-corrected chi connectivity index (χ0v) is 25.2. The average molecular weight is 598 g/mol. The summed E-state index contributed by atoms with van der Waals surface area (Å²) >= 11 is 7.52. The van der Waals surface area contributed by atoms with Gasteiger partial charge in [0.2, 0.25) is 5.91 Å². The van der Waals surface area contributed by atoms with Crippen LogP contribution in [0.3, 0.4) is 0 Å². The van der Waals surface area contributed by atoms with Crippen LogP contribution in [-0.2, 0) is 9.59 Å². The third kappa shape index (κ3) is 8.59. The van der Waals surface area contributed by atoms with Crippen molar-refractivity contribution in [1.82, 2.24) is 5.32 Å². The van der Waals surface area contributed by atoms with Gasteiger partial charge in [0.1, 0.15) is 5.70 Å². The highest BCUT2D eigenvalue weighted by atomic mass is 35.5. The molecule has 0 saturated carbocycles. The van der Waals surface area contributed by atoms with E-state index in [1.54, 1.807) is 48.5 Å². The quantitative estimate of drug-likeness (QED) is 0.128. The number of nitrogens with one attached hydrogen (secondary N) is 3. The van der Waals surface area contributed by atoms with Crippen molar-refractivity contribution >= 4 is 58.5 Å². The molecule has 8 heteroatoms. The summed E-state index contributed by atoms with van der Waals surface area (Å²) in [5.74, 6) is -0.988. The van der Waals surface area contributed by atoms with Crippen LogP contribution in [0, 0.1) is 13.8 Å². The van der Waals surface area contributed by atoms with Crippen molar-refractivity contribution in [2.24, 2.45) is 0 Å². The molecule has 3 N–H and O–H groups in total. The molecule has 214 valence electrons. The van der Waals surface area contributed by atoms with Gasteiger partial charge >= 0.3 is 0 Å². The lowest BCUT2D eigenvalue weighted by molar-refractivity contribution is -0.116. The van der Waals surface area contributed by atoms with Gasteiger partial charge in [-0.2, -0.15) is 0 Å². The van der Waals surface area contributed by atoms with Gasteiger partial charge in [0.05, 0.1) is 5.25 Å². The van der Waals surface area contributed by atoms with E-state index >= 15 is 0 Å². The van der Waals surface area contributed by atoms with Crippen LogP contribution in [-0.4, -0.2) is 23.0 Å². The fourth-order valence-corrected chi connectivity index (χ4v) is 5.23. The summed E-state index contributed by atoms with van der Waals surface area (Å²) < 4.78 is 0. The highest BCUT2D eigenvalue weighted by molar-refractivity contribution is 8.00. The number of carbonyl (C=O) groups is 3. The Hall–Kier alpha value is -4.33. The first-order valence-corrected chi connectivity index (χ1v) is 14.8. The van der Waals surface area contributed by atoms with E-state index in [1.165, 1.54) is 11.8 Å². The van der Waals surface area contributed by atoms with Crippen molar-refractivity contribution < 1.29 is 14.4 Å². The molecule has 1 atom stereocenters. The van der Waals surface area contributed by atoms with Crippen LogP contribution in [0.2, 0.25) is 5.02 Å². The van der Waals surface area contributed by atoms with E-state index in [-0.39, 0.29) is 22.8 Å². The summed E-state index contributed by atoms with van der Waals surface area (Å²) in [7, 11) is 0. The summed E-state index contributed by atoms with van der Waals surface area (Å²) in [5.41, 5.74) is 4.54. The molecule has 4 aromatic rings. The van der Waals surface area contributed by atoms with Crippen LogP contribution < -0.4 is 16.0 Å². The fraction of sp³-hybridized carbons (Fsp3) is 0.147. The van der Waals surface area contributed by atoms with Crippen molar-refractivity contribution in [1.29, 1.82) is 0 Å². The van der Waals surface area contributed by atoms with Gasteiger partial charge in [-0.05, 0) is 79.9 Å². The predicted octanol–water partition coefficient (Wildman–Crippen LogP) is 7.88. The maximum absolute atomic E-state index is 13.4. The van der Waals surface area contributed by atoms with Crippen LogP contribution >= 0.6 is 23.4 Å². The van der Waals surface area contributed by atoms with E-state index in [0.29, 0.717) is 28.4 Å². The van der Waals surface area contributed by atoms with E-state index < -0.39 is 5.91 Å². The molecular formula is C34H32ClN3O3S. The summed E-state index contributed by atoms with van der Waals surface area (Å²) in [5, 5.41) is 8.82. The van der Waals surface area contributed by atoms with E-state index in [1.807, 2.05) is 75.4 Å². The van der Waals surface area contributed by atoms with Gasteiger partial charge < -0.3 is 16.0 Å². The SMILES string of the molecule is CCC(Sc1cccc(NC(=O)/C(=C\c2ccc(C)cc2)NC(=O)c2ccccc2)c1)C(=O)Nc1cc(Cl)ccc1C. The van der Waals surface area contributed by atoms with Crippen LogP contribution in [0.4, 0.5) is 11.4 Å². The first-order valence-electron chi connectivity index (χ1n) is 13.5. The highest BCUT2D eigenvalue weighted by Gasteiger charge is 2.20. The van der Waals surface area contributed by atoms with Gasteiger partial charge in [0.25, 0.3) is 11.8 Å². The van der Waals surface area contributed by atoms with Crippen LogP contribution in [0.1, 0.15) is 40.4 Å². The Morgan fingerprint density at radius 3 is 2.31 bits per heavy atom. The van der Waals surface area contributed by atoms with Crippen molar-refractivity contribution in [3.63, 3.8) is 0 Å². The minimum Gasteiger partial charge on any atom is -0.325 e. The maximum Gasteiger partial charge on any atom is 0.272 e. The van der Waals surface area contributed by atoms with Gasteiger partial charge in [-0.1, -0.05) is 78.7 Å². The lowest BCUT2D eigenvalue weighted by Gasteiger charge is -2.17. The number of benzene rings is 4. The van der Waals surface area contributed by atoms with Gasteiger partial charge in [-0.25, -0.2) is 0 Å². The Balaban J connectivity index is 1.50. The zero-order valence-electron chi connectivity index (χ0n) is 23.6. The van der Waals surface area contributed by atoms with E-state index in [2.05, 4.69) is 16.0 Å². The number of rotatable bonds is 10. The number of amides is 3. The second kappa shape index (κ2) is 14.5. The van der Waals surface area contributed by atoms with Crippen molar-refractivity contribution in [2.45, 2.75) is 37.3 Å². The number of thioether (sulfide) groups is 1. The lowest BCUT2D eigenvalue weighted by atomic mass is 10.1. The number of hydrogen-bond donors (Lipinski definition) is 3. The molecule has 0 aliphatic carbocycles. The Labute approximate surface area is 255 Å². The Morgan fingerprint density at radius 2 is 1.60 bits per heavy atom. The summed E-state index contributed by atoms with van der Waals surface area (Å²) in [6, 6.07) is 29.0. The fourth-order valence-electron chi connectivity index (χ4n) is 4.05. The first kappa shape index (κ1) is 30.6. The largest absolute Gasteiger partial charge is 0.325 e. The predicted molar refractivity (Wildman–Crippen MR) is 173 cm³/mol. The molecule has 0 saturated heterocycles. The van der Waals surface area contributed by atoms with Gasteiger partial charge in [-0.15, -0.1) is 11.8 Å². The minimum atomic E-state index is -0.469. The second-order valence-electron chi connectivity index (χ2n) is 9.73. The van der Waals surface area contributed by atoms with Gasteiger partial charge in [-0.3, -0.25) is 14.4 Å². The number of hydrogen-bond acceptors (Lipinski definition) is 4. The topological polar surface area (TPSA) is 87.3 Å². The normalized spacial score (nSPS) is 11.9. The van der Waals surface area contributed by atoms with Crippen LogP contribution in [0.5, 0.6) is 0 Å². The van der Waals surface area contributed by atoms with Crippen molar-refractivity contribution in [3.8, 4) is 0 Å². The molecule has 0 aliphatic rings. The second-order valence-corrected chi connectivity index (χ2v) is 11.4. The summed E-state index contributed by atoms with van der Waals surface area (Å²) in [6.45, 7) is 5.84. The third-order valence-electron chi connectivity index (χ3n) is 6.41. The van der Waals surface area contributed by atoms with E-state index in [0.717, 1.165) is 21.6 Å². The maximum atomic E-state index is 13.4. The molecule has 0 heterocycles.